The Labute approximate surface area is 167 Å². The van der Waals surface area contributed by atoms with Crippen molar-refractivity contribution in [3.63, 3.8) is 0 Å². The molecule has 2 aliphatic rings. The van der Waals surface area contributed by atoms with E-state index in [1.165, 1.54) is 10.6 Å². The van der Waals surface area contributed by atoms with Crippen molar-refractivity contribution >= 4 is 15.9 Å². The molecule has 8 heteroatoms. The van der Waals surface area contributed by atoms with Crippen molar-refractivity contribution in [1.82, 2.24) is 9.21 Å². The Balaban J connectivity index is 1.66. The number of nitrogens with zero attached hydrogens (tertiary/aromatic N) is 2. The van der Waals surface area contributed by atoms with E-state index in [-0.39, 0.29) is 18.1 Å². The smallest absolute Gasteiger partial charge is 0.257 e. The maximum atomic E-state index is 13.1. The Hall–Kier alpha value is -1.64. The number of likely N-dealkylation sites (N-methyl/N-ethyl adjacent to an activating group) is 1. The zero-order chi connectivity index (χ0) is 20.1. The number of benzene rings is 1. The highest BCUT2D eigenvalue weighted by Gasteiger charge is 2.28. The van der Waals surface area contributed by atoms with Gasteiger partial charge in [-0.2, -0.15) is 0 Å². The highest BCUT2D eigenvalue weighted by atomic mass is 32.2. The first-order chi connectivity index (χ1) is 13.4. The minimum Gasteiger partial charge on any atom is -0.489 e. The fourth-order valence-electron chi connectivity index (χ4n) is 3.77. The molecule has 28 heavy (non-hydrogen) atoms. The number of hydrogen-bond acceptors (Lipinski definition) is 5. The van der Waals surface area contributed by atoms with Crippen LogP contribution >= 0.6 is 0 Å². The van der Waals surface area contributed by atoms with Gasteiger partial charge < -0.3 is 14.4 Å². The molecule has 0 spiro atoms. The van der Waals surface area contributed by atoms with Gasteiger partial charge in [-0.05, 0) is 44.7 Å². The molecule has 2 saturated heterocycles. The van der Waals surface area contributed by atoms with Gasteiger partial charge in [-0.3, -0.25) is 4.79 Å². The molecule has 2 heterocycles. The zero-order valence-corrected chi connectivity index (χ0v) is 17.5. The standard InChI is InChI=1S/C20H30N2O5S/c1-3-21(15-17-7-6-14-26-17)20(23)18-8-4-5-9-19(18)27-16-10-12-22(13-11-16)28(2,24)25/h4-5,8-9,16-17H,3,6-7,10-15H2,1-2H3/t17-/m0/s1. The Kier molecular flexibility index (Phi) is 6.95. The van der Waals surface area contributed by atoms with E-state index >= 15 is 0 Å². The highest BCUT2D eigenvalue weighted by Crippen LogP contribution is 2.25. The molecule has 0 N–H and O–H groups in total. The molecule has 1 atom stereocenters. The van der Waals surface area contributed by atoms with Crippen molar-refractivity contribution < 1.29 is 22.7 Å². The summed E-state index contributed by atoms with van der Waals surface area (Å²) in [6.07, 6.45) is 4.50. The molecule has 1 aromatic carbocycles. The summed E-state index contributed by atoms with van der Waals surface area (Å²) in [6.45, 7) is 4.83. The van der Waals surface area contributed by atoms with E-state index in [1.54, 1.807) is 6.07 Å². The average molecular weight is 411 g/mol. The Morgan fingerprint density at radius 1 is 1.25 bits per heavy atom. The van der Waals surface area contributed by atoms with Crippen molar-refractivity contribution in [2.45, 2.75) is 44.8 Å². The fourth-order valence-corrected chi connectivity index (χ4v) is 4.64. The van der Waals surface area contributed by atoms with Gasteiger partial charge in [0, 0.05) is 32.8 Å². The summed E-state index contributed by atoms with van der Waals surface area (Å²) in [6, 6.07) is 7.30. The maximum absolute atomic E-state index is 13.1. The summed E-state index contributed by atoms with van der Waals surface area (Å²) in [5.74, 6) is 0.512. The van der Waals surface area contributed by atoms with Crippen LogP contribution in [0, 0.1) is 0 Å². The second-order valence-electron chi connectivity index (χ2n) is 7.45. The second-order valence-corrected chi connectivity index (χ2v) is 9.44. The lowest BCUT2D eigenvalue weighted by atomic mass is 10.1. The van der Waals surface area contributed by atoms with Gasteiger partial charge in [0.15, 0.2) is 0 Å². The lowest BCUT2D eigenvalue weighted by Gasteiger charge is -2.31. The van der Waals surface area contributed by atoms with Crippen molar-refractivity contribution in [1.29, 1.82) is 0 Å². The van der Waals surface area contributed by atoms with Crippen LogP contribution in [-0.4, -0.2) is 74.8 Å². The molecule has 0 aromatic heterocycles. The van der Waals surface area contributed by atoms with Crippen LogP contribution in [0.25, 0.3) is 0 Å². The van der Waals surface area contributed by atoms with Crippen LogP contribution in [0.4, 0.5) is 0 Å². The number of rotatable bonds is 7. The van der Waals surface area contributed by atoms with Crippen LogP contribution in [0.3, 0.4) is 0 Å². The molecule has 1 amide bonds. The summed E-state index contributed by atoms with van der Waals surface area (Å²) >= 11 is 0. The summed E-state index contributed by atoms with van der Waals surface area (Å²) in [4.78, 5) is 14.9. The zero-order valence-electron chi connectivity index (χ0n) is 16.7. The monoisotopic (exact) mass is 410 g/mol. The van der Waals surface area contributed by atoms with Crippen molar-refractivity contribution in [2.24, 2.45) is 0 Å². The molecular weight excluding hydrogens is 380 g/mol. The molecular formula is C20H30N2O5S. The van der Waals surface area contributed by atoms with Gasteiger partial charge in [0.1, 0.15) is 11.9 Å². The second kappa shape index (κ2) is 9.24. The molecule has 2 fully saturated rings. The van der Waals surface area contributed by atoms with Crippen molar-refractivity contribution in [3.05, 3.63) is 29.8 Å². The Morgan fingerprint density at radius 3 is 2.57 bits per heavy atom. The van der Waals surface area contributed by atoms with Crippen LogP contribution in [0.15, 0.2) is 24.3 Å². The Morgan fingerprint density at radius 2 is 1.96 bits per heavy atom. The number of ether oxygens (including phenoxy) is 2. The summed E-state index contributed by atoms with van der Waals surface area (Å²) in [5.41, 5.74) is 0.549. The van der Waals surface area contributed by atoms with Gasteiger partial charge in [-0.25, -0.2) is 12.7 Å². The van der Waals surface area contributed by atoms with Gasteiger partial charge in [0.05, 0.1) is 17.9 Å². The van der Waals surface area contributed by atoms with Crippen molar-refractivity contribution in [2.75, 3.05) is 39.0 Å². The molecule has 2 aliphatic heterocycles. The molecule has 7 nitrogen and oxygen atoms in total. The SMILES string of the molecule is CCN(C[C@@H]1CCCO1)C(=O)c1ccccc1OC1CCN(S(C)(=O)=O)CC1. The van der Waals surface area contributed by atoms with E-state index in [2.05, 4.69) is 0 Å². The van der Waals surface area contributed by atoms with E-state index in [1.807, 2.05) is 30.0 Å². The topological polar surface area (TPSA) is 76.2 Å². The number of piperidine rings is 1. The van der Waals surface area contributed by atoms with Crippen LogP contribution in [-0.2, 0) is 14.8 Å². The van der Waals surface area contributed by atoms with Crippen molar-refractivity contribution in [3.8, 4) is 5.75 Å². The van der Waals surface area contributed by atoms with E-state index in [9.17, 15) is 13.2 Å². The van der Waals surface area contributed by atoms with E-state index in [0.29, 0.717) is 50.3 Å². The molecule has 0 bridgehead atoms. The molecule has 156 valence electrons. The van der Waals surface area contributed by atoms with E-state index in [0.717, 1.165) is 19.4 Å². The number of carbonyl (C=O) groups is 1. The van der Waals surface area contributed by atoms with Gasteiger partial charge in [-0.15, -0.1) is 0 Å². The van der Waals surface area contributed by atoms with Crippen LogP contribution in [0.5, 0.6) is 5.75 Å². The Bertz CT molecular complexity index is 769. The average Bonchev–Trinajstić information content (AvgIpc) is 3.19. The fraction of sp³-hybridized carbons (Fsp3) is 0.650. The lowest BCUT2D eigenvalue weighted by Crippen LogP contribution is -2.41. The molecule has 0 radical (unpaired) electrons. The normalized spacial score (nSPS) is 21.6. The largest absolute Gasteiger partial charge is 0.489 e. The summed E-state index contributed by atoms with van der Waals surface area (Å²) in [5, 5.41) is 0. The summed E-state index contributed by atoms with van der Waals surface area (Å²) < 4.78 is 36.6. The van der Waals surface area contributed by atoms with Gasteiger partial charge >= 0.3 is 0 Å². The first-order valence-corrected chi connectivity index (χ1v) is 11.8. The third kappa shape index (κ3) is 5.24. The number of sulfonamides is 1. The van der Waals surface area contributed by atoms with Gasteiger partial charge in [0.25, 0.3) is 5.91 Å². The predicted molar refractivity (Wildman–Crippen MR) is 107 cm³/mol. The first-order valence-electron chi connectivity index (χ1n) is 10.00. The van der Waals surface area contributed by atoms with Gasteiger partial charge in [0.2, 0.25) is 10.0 Å². The molecule has 0 unspecified atom stereocenters. The van der Waals surface area contributed by atoms with Gasteiger partial charge in [-0.1, -0.05) is 12.1 Å². The quantitative estimate of drug-likeness (QED) is 0.688. The van der Waals surface area contributed by atoms with E-state index < -0.39 is 10.0 Å². The third-order valence-corrected chi connectivity index (χ3v) is 6.70. The maximum Gasteiger partial charge on any atom is 0.257 e. The molecule has 0 aliphatic carbocycles. The van der Waals surface area contributed by atoms with E-state index in [4.69, 9.17) is 9.47 Å². The first kappa shape index (κ1) is 21.1. The van der Waals surface area contributed by atoms with Crippen LogP contribution in [0.1, 0.15) is 43.0 Å². The number of para-hydroxylation sites is 1. The van der Waals surface area contributed by atoms with Crippen LogP contribution < -0.4 is 4.74 Å². The molecule has 3 rings (SSSR count). The minimum absolute atomic E-state index is 0.0535. The van der Waals surface area contributed by atoms with Crippen LogP contribution in [0.2, 0.25) is 0 Å². The minimum atomic E-state index is -3.16. The number of hydrogen-bond donors (Lipinski definition) is 0. The molecule has 1 aromatic rings. The lowest BCUT2D eigenvalue weighted by molar-refractivity contribution is 0.0532. The predicted octanol–water partition coefficient (Wildman–Crippen LogP) is 2.13. The number of carbonyl (C=O) groups excluding carboxylic acids is 1. The third-order valence-electron chi connectivity index (χ3n) is 5.40. The number of amides is 1. The molecule has 0 saturated carbocycles. The highest BCUT2D eigenvalue weighted by molar-refractivity contribution is 7.88. The summed E-state index contributed by atoms with van der Waals surface area (Å²) in [7, 11) is -3.16.